The molecule has 6 heteroatoms. The van der Waals surface area contributed by atoms with Gasteiger partial charge in [0, 0.05) is 0 Å². The summed E-state index contributed by atoms with van der Waals surface area (Å²) in [6.45, 7) is 0. The quantitative estimate of drug-likeness (QED) is 0.165. The van der Waals surface area contributed by atoms with Gasteiger partial charge in [0.05, 0.1) is 0 Å². The number of rotatable bonds is 1. The monoisotopic (exact) mass is 121 g/mol. The molecule has 0 rings (SSSR count). The number of nitrogens with zero attached hydrogens (tertiary/aromatic N) is 1. The Labute approximate surface area is 43.7 Å². The zero-order valence-electron chi connectivity index (χ0n) is 3.25. The molecule has 0 saturated carbocycles. The summed E-state index contributed by atoms with van der Waals surface area (Å²) in [5.41, 5.74) is 4.60. The van der Waals surface area contributed by atoms with Crippen molar-refractivity contribution in [2.75, 3.05) is 0 Å². The minimum absolute atomic E-state index is 0.0926. The highest BCUT2D eigenvalue weighted by atomic mass is 32.2. The first-order chi connectivity index (χ1) is 3.13. The molecule has 0 heterocycles. The van der Waals surface area contributed by atoms with Crippen molar-refractivity contribution in [1.29, 1.82) is 5.41 Å². The van der Waals surface area contributed by atoms with E-state index in [1.165, 1.54) is 0 Å². The summed E-state index contributed by atoms with van der Waals surface area (Å²) in [6.07, 6.45) is 0. The summed E-state index contributed by atoms with van der Waals surface area (Å²) in [4.78, 5) is 9.36. The topological polar surface area (TPSA) is 93.0 Å². The Kier molecular flexibility index (Phi) is 2.14. The molecule has 0 fully saturated rings. The maximum absolute atomic E-state index is 9.36. The van der Waals surface area contributed by atoms with Crippen LogP contribution in [0.25, 0.3) is 0 Å². The zero-order valence-corrected chi connectivity index (χ0v) is 4.07. The fraction of sp³-hybridized carbons (Fsp3) is 0. The summed E-state index contributed by atoms with van der Waals surface area (Å²) in [5.74, 6) is 0. The predicted molar refractivity (Wildman–Crippen MR) is 26.5 cm³/mol. The lowest BCUT2D eigenvalue weighted by Crippen LogP contribution is -2.06. The SMILES string of the molecule is N=C(N)S[N+](=O)[O-]. The Hall–Kier alpha value is -0.780. The molecule has 0 bridgehead atoms. The van der Waals surface area contributed by atoms with Crippen molar-refractivity contribution >= 4 is 17.1 Å². The minimum Gasteiger partial charge on any atom is -0.373 e. The van der Waals surface area contributed by atoms with Gasteiger partial charge in [-0.2, -0.15) is 0 Å². The zero-order chi connectivity index (χ0) is 5.86. The molecule has 0 aliphatic carbocycles. The lowest BCUT2D eigenvalue weighted by atomic mass is 11.4. The normalized spacial score (nSPS) is 8.00. The van der Waals surface area contributed by atoms with Crippen molar-refractivity contribution < 1.29 is 4.33 Å². The molecule has 0 spiro atoms. The van der Waals surface area contributed by atoms with Crippen LogP contribution in [0.2, 0.25) is 0 Å². The Balaban J connectivity index is 3.32. The third kappa shape index (κ3) is 5.22. The van der Waals surface area contributed by atoms with Crippen molar-refractivity contribution in [3.8, 4) is 0 Å². The van der Waals surface area contributed by atoms with Gasteiger partial charge in [-0.3, -0.25) is 15.5 Å². The summed E-state index contributed by atoms with van der Waals surface area (Å²) >= 11 is 0.0926. The average Bonchev–Trinajstić information content (AvgIpc) is 1.27. The average molecular weight is 121 g/mol. The summed E-state index contributed by atoms with van der Waals surface area (Å²) in [5, 5.41) is 15.2. The summed E-state index contributed by atoms with van der Waals surface area (Å²) in [6, 6.07) is 0. The fourth-order valence-electron chi connectivity index (χ4n) is 0.0803. The number of nitrogens with two attached hydrogens (primary N) is 1. The predicted octanol–water partition coefficient (Wildman–Crippen LogP) is -0.195. The maximum atomic E-state index is 9.36. The molecule has 0 aromatic carbocycles. The molecule has 0 atom stereocenters. The van der Waals surface area contributed by atoms with E-state index < -0.39 is 9.50 Å². The molecule has 7 heavy (non-hydrogen) atoms. The van der Waals surface area contributed by atoms with Gasteiger partial charge < -0.3 is 5.73 Å². The molecule has 0 aliphatic rings. The molecule has 5 nitrogen and oxygen atoms in total. The van der Waals surface area contributed by atoms with Crippen molar-refractivity contribution in [3.63, 3.8) is 0 Å². The van der Waals surface area contributed by atoms with Crippen LogP contribution < -0.4 is 5.73 Å². The second-order valence-corrected chi connectivity index (χ2v) is 1.60. The van der Waals surface area contributed by atoms with Gasteiger partial charge in [0.2, 0.25) is 5.17 Å². The molecule has 0 amide bonds. The van der Waals surface area contributed by atoms with E-state index in [0.29, 0.717) is 0 Å². The lowest BCUT2D eigenvalue weighted by molar-refractivity contribution is -0.281. The molecule has 0 radical (unpaired) electrons. The van der Waals surface area contributed by atoms with Crippen molar-refractivity contribution in [3.05, 3.63) is 10.1 Å². The van der Waals surface area contributed by atoms with Crippen LogP contribution >= 0.6 is 11.9 Å². The lowest BCUT2D eigenvalue weighted by Gasteiger charge is -1.79. The first kappa shape index (κ1) is 6.22. The van der Waals surface area contributed by atoms with E-state index >= 15 is 0 Å². The van der Waals surface area contributed by atoms with Crippen molar-refractivity contribution in [1.82, 2.24) is 0 Å². The van der Waals surface area contributed by atoms with E-state index in [2.05, 4.69) is 5.73 Å². The van der Waals surface area contributed by atoms with Crippen LogP contribution in [0.15, 0.2) is 0 Å². The third-order valence-electron chi connectivity index (χ3n) is 0.173. The Morgan fingerprint density at radius 3 is 2.43 bits per heavy atom. The molecule has 0 aliphatic heterocycles. The van der Waals surface area contributed by atoms with E-state index in [1.807, 2.05) is 0 Å². The van der Waals surface area contributed by atoms with Gasteiger partial charge >= 0.3 is 11.9 Å². The number of hydrogen-bond acceptors (Lipinski definition) is 4. The van der Waals surface area contributed by atoms with Crippen LogP contribution in [-0.4, -0.2) is 9.50 Å². The summed E-state index contributed by atoms with van der Waals surface area (Å²) in [7, 11) is 0. The molecule has 0 saturated heterocycles. The van der Waals surface area contributed by atoms with E-state index in [-0.39, 0.29) is 11.9 Å². The van der Waals surface area contributed by atoms with Crippen LogP contribution in [0.1, 0.15) is 0 Å². The Morgan fingerprint density at radius 1 is 2.00 bits per heavy atom. The first-order valence-corrected chi connectivity index (χ1v) is 2.06. The number of hydrogen-bond donors (Lipinski definition) is 2. The number of nitrogens with one attached hydrogen (secondary N) is 1. The smallest absolute Gasteiger partial charge is 0.303 e. The van der Waals surface area contributed by atoms with E-state index in [4.69, 9.17) is 5.41 Å². The molecular formula is CH3N3O2S. The largest absolute Gasteiger partial charge is 0.373 e. The van der Waals surface area contributed by atoms with E-state index in [0.717, 1.165) is 0 Å². The van der Waals surface area contributed by atoms with Gasteiger partial charge in [0.25, 0.3) is 0 Å². The molecule has 3 N–H and O–H groups in total. The van der Waals surface area contributed by atoms with Crippen LogP contribution in [0.4, 0.5) is 0 Å². The standard InChI is InChI=1S/CH3N3O2S/c2-1(3)7-4(5)6/h(H3,2,3). The van der Waals surface area contributed by atoms with Crippen LogP contribution in [-0.2, 0) is 0 Å². The molecule has 0 aromatic rings. The van der Waals surface area contributed by atoms with Crippen molar-refractivity contribution in [2.24, 2.45) is 5.73 Å². The highest BCUT2D eigenvalue weighted by Gasteiger charge is 2.00. The van der Waals surface area contributed by atoms with Gasteiger partial charge in [-0.05, 0) is 0 Å². The number of amidine groups is 1. The van der Waals surface area contributed by atoms with Gasteiger partial charge in [-0.1, -0.05) is 0 Å². The second kappa shape index (κ2) is 2.40. The first-order valence-electron chi connectivity index (χ1n) is 1.29. The molecule has 40 valence electrons. The third-order valence-corrected chi connectivity index (χ3v) is 0.519. The minimum atomic E-state index is -0.734. The molecule has 0 unspecified atom stereocenters. The van der Waals surface area contributed by atoms with Crippen LogP contribution in [0.3, 0.4) is 0 Å². The Bertz CT molecular complexity index is 89.1. The fourth-order valence-corrected chi connectivity index (χ4v) is 0.241. The van der Waals surface area contributed by atoms with Gasteiger partial charge in [0.15, 0.2) is 0 Å². The Morgan fingerprint density at radius 2 is 2.43 bits per heavy atom. The number of nitro groups is 1. The molecule has 0 aromatic heterocycles. The highest BCUT2D eigenvalue weighted by Crippen LogP contribution is 1.94. The highest BCUT2D eigenvalue weighted by molar-refractivity contribution is 8.08. The van der Waals surface area contributed by atoms with Crippen molar-refractivity contribution in [2.45, 2.75) is 0 Å². The van der Waals surface area contributed by atoms with Gasteiger partial charge in [-0.15, -0.1) is 0 Å². The van der Waals surface area contributed by atoms with E-state index in [1.54, 1.807) is 0 Å². The van der Waals surface area contributed by atoms with Crippen LogP contribution in [0, 0.1) is 15.5 Å². The second-order valence-electron chi connectivity index (χ2n) is 0.679. The van der Waals surface area contributed by atoms with Gasteiger partial charge in [0.1, 0.15) is 4.33 Å². The summed E-state index contributed by atoms with van der Waals surface area (Å²) < 4.78 is -0.734. The maximum Gasteiger partial charge on any atom is 0.303 e. The molecular weight excluding hydrogens is 118 g/mol. The van der Waals surface area contributed by atoms with E-state index in [9.17, 15) is 10.1 Å². The van der Waals surface area contributed by atoms with Gasteiger partial charge in [-0.25, -0.2) is 0 Å². The van der Waals surface area contributed by atoms with Crippen LogP contribution in [0.5, 0.6) is 0 Å².